The van der Waals surface area contributed by atoms with Crippen molar-refractivity contribution < 1.29 is 55.1 Å². The molecule has 8 N–H and O–H groups in total. The summed E-state index contributed by atoms with van der Waals surface area (Å²) in [7, 11) is 0. The summed E-state index contributed by atoms with van der Waals surface area (Å²) in [6.07, 6.45) is -12.7. The number of rotatable bonds is 5. The number of ether oxygens (including phenoxy) is 3. The lowest BCUT2D eigenvalue weighted by molar-refractivity contribution is -0.389. The molecule has 0 aromatic heterocycles. The van der Waals surface area contributed by atoms with Crippen LogP contribution in [0.3, 0.4) is 0 Å². The quantitative estimate of drug-likeness (QED) is 0.205. The van der Waals surface area contributed by atoms with Crippen LogP contribution in [0.4, 0.5) is 0 Å². The molecule has 0 aliphatic carbocycles. The largest absolute Gasteiger partial charge is 0.394 e. The highest BCUT2D eigenvalue weighted by Crippen LogP contribution is 2.40. The second-order valence-corrected chi connectivity index (χ2v) is 6.88. The summed E-state index contributed by atoms with van der Waals surface area (Å²) in [5, 5.41) is 75.1. The molecule has 0 bridgehead atoms. The van der Waals surface area contributed by atoms with Crippen LogP contribution in [0.2, 0.25) is 0 Å². The van der Waals surface area contributed by atoms with Gasteiger partial charge in [-0.15, -0.1) is 0 Å². The van der Waals surface area contributed by atoms with Crippen LogP contribution in [0, 0.1) is 0 Å². The molecule has 2 rings (SSSR count). The van der Waals surface area contributed by atoms with Crippen LogP contribution in [0.1, 0.15) is 0 Å². The van der Waals surface area contributed by atoms with Crippen LogP contribution in [0.15, 0.2) is 0 Å². The molecule has 10 atom stereocenters. The van der Waals surface area contributed by atoms with Crippen LogP contribution in [-0.4, -0.2) is 113 Å². The molecule has 0 aromatic rings. The van der Waals surface area contributed by atoms with Gasteiger partial charge in [0.05, 0.1) is 6.61 Å². The first kappa shape index (κ1) is 21.4. The molecule has 2 fully saturated rings. The number of aliphatic hydroxyl groups is 8. The van der Waals surface area contributed by atoms with Crippen molar-refractivity contribution >= 4 is 23.2 Å². The summed E-state index contributed by atoms with van der Waals surface area (Å²) in [6, 6.07) is 0. The van der Waals surface area contributed by atoms with Gasteiger partial charge in [0, 0.05) is 0 Å². The van der Waals surface area contributed by atoms with E-state index in [2.05, 4.69) is 0 Å². The van der Waals surface area contributed by atoms with Crippen LogP contribution in [-0.2, 0) is 14.2 Å². The van der Waals surface area contributed by atoms with Gasteiger partial charge in [0.15, 0.2) is 16.9 Å². The van der Waals surface area contributed by atoms with Crippen molar-refractivity contribution in [3.8, 4) is 0 Å². The molecule has 0 amide bonds. The second-order valence-electron chi connectivity index (χ2n) is 5.82. The molecular formula is C12H20Cl2O11. The van der Waals surface area contributed by atoms with Crippen LogP contribution in [0.25, 0.3) is 0 Å². The van der Waals surface area contributed by atoms with Crippen LogP contribution >= 0.6 is 23.2 Å². The third-order valence-corrected chi connectivity index (χ3v) is 4.84. The smallest absolute Gasteiger partial charge is 0.224 e. The van der Waals surface area contributed by atoms with Gasteiger partial charge in [-0.1, -0.05) is 23.2 Å². The van der Waals surface area contributed by atoms with Gasteiger partial charge in [0.1, 0.15) is 43.2 Å². The first-order valence-corrected chi connectivity index (χ1v) is 8.01. The maximum absolute atomic E-state index is 10.0. The molecule has 11 nitrogen and oxygen atoms in total. The average molecular weight is 411 g/mol. The summed E-state index contributed by atoms with van der Waals surface area (Å²) < 4.78 is 15.4. The third kappa shape index (κ3) is 3.62. The third-order valence-electron chi connectivity index (χ3n) is 4.17. The van der Waals surface area contributed by atoms with E-state index >= 15 is 0 Å². The predicted molar refractivity (Wildman–Crippen MR) is 78.2 cm³/mol. The molecular weight excluding hydrogens is 391 g/mol. The minimum Gasteiger partial charge on any atom is -0.394 e. The Labute approximate surface area is 151 Å². The molecule has 0 aromatic carbocycles. The van der Waals surface area contributed by atoms with Crippen molar-refractivity contribution in [2.75, 3.05) is 13.2 Å². The van der Waals surface area contributed by atoms with Gasteiger partial charge in [-0.05, 0) is 0 Å². The highest BCUT2D eigenvalue weighted by Gasteiger charge is 2.61. The van der Waals surface area contributed by atoms with E-state index in [0.29, 0.717) is 0 Å². The van der Waals surface area contributed by atoms with Crippen molar-refractivity contribution in [3.63, 3.8) is 0 Å². The van der Waals surface area contributed by atoms with Crippen molar-refractivity contribution in [2.45, 2.75) is 59.3 Å². The second kappa shape index (κ2) is 7.64. The van der Waals surface area contributed by atoms with Gasteiger partial charge in [-0.2, -0.15) is 0 Å². The van der Waals surface area contributed by atoms with E-state index in [1.54, 1.807) is 0 Å². The van der Waals surface area contributed by atoms with Crippen molar-refractivity contribution in [3.05, 3.63) is 0 Å². The summed E-state index contributed by atoms with van der Waals surface area (Å²) in [5.74, 6) is -2.33. The molecule has 0 radical (unpaired) electrons. The molecule has 2 unspecified atom stereocenters. The highest BCUT2D eigenvalue weighted by atomic mass is 35.5. The van der Waals surface area contributed by atoms with E-state index in [0.717, 1.165) is 0 Å². The zero-order valence-electron chi connectivity index (χ0n) is 12.6. The average Bonchev–Trinajstić information content (AvgIpc) is 2.80. The number of halogens is 2. The van der Waals surface area contributed by atoms with E-state index < -0.39 is 72.5 Å². The number of alkyl halides is 2. The lowest BCUT2D eigenvalue weighted by atomic mass is 9.98. The lowest BCUT2D eigenvalue weighted by Gasteiger charge is -2.47. The molecule has 0 saturated carbocycles. The van der Waals surface area contributed by atoms with Gasteiger partial charge in [-0.25, -0.2) is 0 Å². The Hall–Kier alpha value is 0.140. The van der Waals surface area contributed by atoms with Gasteiger partial charge < -0.3 is 55.1 Å². The highest BCUT2D eigenvalue weighted by molar-refractivity contribution is 6.25. The normalized spacial score (nSPS) is 52.3. The van der Waals surface area contributed by atoms with E-state index in [4.69, 9.17) is 42.5 Å². The molecule has 2 heterocycles. The number of hydrogen-bond acceptors (Lipinski definition) is 11. The number of hydrogen-bond donors (Lipinski definition) is 8. The summed E-state index contributed by atoms with van der Waals surface area (Å²) >= 11 is 11.1. The lowest BCUT2D eigenvalue weighted by Crippen LogP contribution is -2.67. The molecule has 2 aliphatic rings. The Morgan fingerprint density at radius 2 is 1.68 bits per heavy atom. The zero-order valence-corrected chi connectivity index (χ0v) is 14.1. The minimum absolute atomic E-state index is 0.718. The maximum Gasteiger partial charge on any atom is 0.224 e. The molecule has 2 saturated heterocycles. The van der Waals surface area contributed by atoms with Crippen LogP contribution in [0.5, 0.6) is 0 Å². The summed E-state index contributed by atoms with van der Waals surface area (Å²) in [5.41, 5.74) is -1.92. The fraction of sp³-hybridized carbons (Fsp3) is 1.00. The zero-order chi connectivity index (χ0) is 19.2. The molecule has 148 valence electrons. The van der Waals surface area contributed by atoms with E-state index in [9.17, 15) is 35.7 Å². The molecule has 25 heavy (non-hydrogen) atoms. The molecule has 2 aliphatic heterocycles. The fourth-order valence-electron chi connectivity index (χ4n) is 2.70. The minimum atomic E-state index is -2.67. The van der Waals surface area contributed by atoms with E-state index in [1.807, 2.05) is 0 Å². The predicted octanol–water partition coefficient (Wildman–Crippen LogP) is -4.26. The topological polar surface area (TPSA) is 190 Å². The molecule has 13 heteroatoms. The van der Waals surface area contributed by atoms with E-state index in [-0.39, 0.29) is 0 Å². The summed E-state index contributed by atoms with van der Waals surface area (Å²) in [4.78, 5) is 0. The van der Waals surface area contributed by atoms with Gasteiger partial charge in [0.2, 0.25) is 5.79 Å². The monoisotopic (exact) mass is 410 g/mol. The van der Waals surface area contributed by atoms with Gasteiger partial charge in [0.25, 0.3) is 0 Å². The standard InChI is InChI=1S/C12H20Cl2O11/c13-9(21)8-12(14,22)7(20)5(18)10(23-8)25-11(2-16)6(19)4(17)3(1-15)24-11/h3-10,15-22H,1-2H2/t3-,4-,5-,6+,7-,8-,9?,10-,11?,12+/m1/s1. The van der Waals surface area contributed by atoms with Gasteiger partial charge in [-0.3, -0.25) is 0 Å². The summed E-state index contributed by atoms with van der Waals surface area (Å²) in [6.45, 7) is -1.76. The van der Waals surface area contributed by atoms with E-state index in [1.165, 1.54) is 0 Å². The first-order valence-electron chi connectivity index (χ1n) is 7.20. The first-order chi connectivity index (χ1) is 11.5. The molecule has 0 spiro atoms. The Morgan fingerprint density at radius 3 is 2.12 bits per heavy atom. The fourth-order valence-corrected chi connectivity index (χ4v) is 3.31. The van der Waals surface area contributed by atoms with Crippen molar-refractivity contribution in [2.24, 2.45) is 0 Å². The maximum atomic E-state index is 10.0. The Bertz CT molecular complexity index is 466. The van der Waals surface area contributed by atoms with Crippen molar-refractivity contribution in [1.82, 2.24) is 0 Å². The van der Waals surface area contributed by atoms with Crippen molar-refractivity contribution in [1.29, 1.82) is 0 Å². The van der Waals surface area contributed by atoms with Crippen LogP contribution < -0.4 is 0 Å². The SMILES string of the molecule is OC[C@H]1OC(CO)(O[C@H]2O[C@H](C(O)Cl)[C@](O)(Cl)[C@H](O)[C@H]2O)[C@@H](O)[C@@H]1O. The Morgan fingerprint density at radius 1 is 1.08 bits per heavy atom. The number of aliphatic hydroxyl groups excluding tert-OH is 7. The Balaban J connectivity index is 2.25. The Kier molecular flexibility index (Phi) is 6.55. The van der Waals surface area contributed by atoms with Gasteiger partial charge >= 0.3 is 0 Å².